The van der Waals surface area contributed by atoms with Gasteiger partial charge in [0.2, 0.25) is 11.8 Å². The monoisotopic (exact) mass is 420 g/mol. The minimum Gasteiger partial charge on any atom is -0.323 e. The van der Waals surface area contributed by atoms with Crippen LogP contribution in [0.15, 0.2) is 48.5 Å². The van der Waals surface area contributed by atoms with Crippen LogP contribution < -0.4 is 10.2 Å². The van der Waals surface area contributed by atoms with Crippen molar-refractivity contribution in [2.75, 3.05) is 29.9 Å². The zero-order valence-electron chi connectivity index (χ0n) is 16.9. The molecular weight excluding hydrogens is 396 g/mol. The predicted octanol–water partition coefficient (Wildman–Crippen LogP) is 3.85. The number of hydrogen-bond donors (Lipinski definition) is 1. The first kappa shape index (κ1) is 19.2. The maximum absolute atomic E-state index is 13.4. The SMILES string of the molecule is C[C@@H](C(=O)N1CC(=O)Nc2ccccc21)N1CCC[C@@H](c2nc3ccccc3s2)C1. The Hall–Kier alpha value is -2.77. The minimum absolute atomic E-state index is 0.0257. The Balaban J connectivity index is 1.35. The van der Waals surface area contributed by atoms with Crippen LogP contribution in [0.5, 0.6) is 0 Å². The van der Waals surface area contributed by atoms with Crippen LogP contribution in [0, 0.1) is 0 Å². The summed E-state index contributed by atoms with van der Waals surface area (Å²) in [6.45, 7) is 3.72. The molecule has 0 bridgehead atoms. The maximum Gasteiger partial charge on any atom is 0.244 e. The molecular formula is C23H24N4O2S. The number of fused-ring (bicyclic) bond motifs is 2. The van der Waals surface area contributed by atoms with Gasteiger partial charge in [-0.1, -0.05) is 24.3 Å². The first-order chi connectivity index (χ1) is 14.6. The van der Waals surface area contributed by atoms with E-state index in [-0.39, 0.29) is 24.4 Å². The van der Waals surface area contributed by atoms with Gasteiger partial charge in [0, 0.05) is 12.5 Å². The third-order valence-corrected chi connectivity index (χ3v) is 7.25. The van der Waals surface area contributed by atoms with Crippen molar-refractivity contribution in [1.82, 2.24) is 9.88 Å². The van der Waals surface area contributed by atoms with Crippen LogP contribution in [0.3, 0.4) is 0 Å². The highest BCUT2D eigenvalue weighted by Crippen LogP contribution is 2.34. The van der Waals surface area contributed by atoms with Gasteiger partial charge in [0.05, 0.1) is 32.6 Å². The van der Waals surface area contributed by atoms with E-state index in [0.29, 0.717) is 11.6 Å². The van der Waals surface area contributed by atoms with E-state index in [4.69, 9.17) is 4.98 Å². The molecule has 0 saturated carbocycles. The van der Waals surface area contributed by atoms with Gasteiger partial charge in [-0.2, -0.15) is 0 Å². The molecule has 6 nitrogen and oxygen atoms in total. The Morgan fingerprint density at radius 1 is 1.20 bits per heavy atom. The molecule has 1 N–H and O–H groups in total. The molecule has 3 aromatic rings. The smallest absolute Gasteiger partial charge is 0.244 e. The third kappa shape index (κ3) is 3.48. The fourth-order valence-corrected chi connectivity index (χ4v) is 5.53. The second-order valence-electron chi connectivity index (χ2n) is 8.02. The average Bonchev–Trinajstić information content (AvgIpc) is 3.22. The summed E-state index contributed by atoms with van der Waals surface area (Å²) in [5.74, 6) is 0.158. The number of likely N-dealkylation sites (tertiary alicyclic amines) is 1. The number of carbonyl (C=O) groups excluding carboxylic acids is 2. The maximum atomic E-state index is 13.4. The third-order valence-electron chi connectivity index (χ3n) is 6.05. The fourth-order valence-electron chi connectivity index (χ4n) is 4.44. The fraction of sp³-hybridized carbons (Fsp3) is 0.348. The van der Waals surface area contributed by atoms with Crippen LogP contribution in [0.25, 0.3) is 10.2 Å². The summed E-state index contributed by atoms with van der Waals surface area (Å²) >= 11 is 1.76. The highest BCUT2D eigenvalue weighted by atomic mass is 32.1. The number of thiazole rings is 1. The molecule has 0 spiro atoms. The number of hydrogen-bond acceptors (Lipinski definition) is 5. The molecule has 30 heavy (non-hydrogen) atoms. The van der Waals surface area contributed by atoms with Crippen LogP contribution in [0.1, 0.15) is 30.7 Å². The zero-order chi connectivity index (χ0) is 20.7. The Morgan fingerprint density at radius 2 is 2.00 bits per heavy atom. The van der Waals surface area contributed by atoms with Crippen LogP contribution >= 0.6 is 11.3 Å². The molecule has 7 heteroatoms. The van der Waals surface area contributed by atoms with E-state index in [1.54, 1.807) is 16.2 Å². The van der Waals surface area contributed by atoms with E-state index < -0.39 is 0 Å². The van der Waals surface area contributed by atoms with Crippen molar-refractivity contribution in [3.05, 3.63) is 53.5 Å². The number of benzene rings is 2. The summed E-state index contributed by atoms with van der Waals surface area (Å²) in [5, 5.41) is 4.01. The summed E-state index contributed by atoms with van der Waals surface area (Å²) < 4.78 is 1.21. The molecule has 2 aromatic carbocycles. The number of amides is 2. The van der Waals surface area contributed by atoms with Crippen molar-refractivity contribution < 1.29 is 9.59 Å². The van der Waals surface area contributed by atoms with Crippen LogP contribution in [-0.2, 0) is 9.59 Å². The average molecular weight is 421 g/mol. The standard InChI is InChI=1S/C23H24N4O2S/c1-15(23(29)27-14-21(28)24-17-8-2-4-10-19(17)27)26-12-6-7-16(13-26)22-25-18-9-3-5-11-20(18)30-22/h2-5,8-11,15-16H,6-7,12-14H2,1H3,(H,24,28)/t15-,16+/m0/s1. The van der Waals surface area contributed by atoms with E-state index in [0.717, 1.165) is 42.1 Å². The van der Waals surface area contributed by atoms with Crippen LogP contribution in [0.4, 0.5) is 11.4 Å². The number of para-hydroxylation sites is 3. The first-order valence-corrected chi connectivity index (χ1v) is 11.2. The largest absolute Gasteiger partial charge is 0.323 e. The molecule has 1 aromatic heterocycles. The van der Waals surface area contributed by atoms with Gasteiger partial charge >= 0.3 is 0 Å². The van der Waals surface area contributed by atoms with E-state index in [9.17, 15) is 9.59 Å². The van der Waals surface area contributed by atoms with Gasteiger partial charge in [0.15, 0.2) is 0 Å². The number of anilines is 2. The van der Waals surface area contributed by atoms with Gasteiger partial charge in [-0.05, 0) is 50.6 Å². The lowest BCUT2D eigenvalue weighted by Crippen LogP contribution is -2.53. The van der Waals surface area contributed by atoms with Gasteiger partial charge in [-0.3, -0.25) is 19.4 Å². The molecule has 5 rings (SSSR count). The van der Waals surface area contributed by atoms with Crippen LogP contribution in [-0.4, -0.2) is 47.4 Å². The number of carbonyl (C=O) groups is 2. The van der Waals surface area contributed by atoms with Crippen molar-refractivity contribution >= 4 is 44.7 Å². The second-order valence-corrected chi connectivity index (χ2v) is 9.08. The highest BCUT2D eigenvalue weighted by Gasteiger charge is 2.35. The summed E-state index contributed by atoms with van der Waals surface area (Å²) in [4.78, 5) is 34.2. The molecule has 2 amide bonds. The number of aromatic nitrogens is 1. The van der Waals surface area contributed by atoms with Crippen LogP contribution in [0.2, 0.25) is 0 Å². The van der Waals surface area contributed by atoms with Gasteiger partial charge in [-0.15, -0.1) is 11.3 Å². The second kappa shape index (κ2) is 7.81. The normalized spacial score (nSPS) is 20.6. The quantitative estimate of drug-likeness (QED) is 0.699. The molecule has 1 saturated heterocycles. The Morgan fingerprint density at radius 3 is 2.87 bits per heavy atom. The highest BCUT2D eigenvalue weighted by molar-refractivity contribution is 7.18. The van der Waals surface area contributed by atoms with Crippen molar-refractivity contribution in [1.29, 1.82) is 0 Å². The van der Waals surface area contributed by atoms with E-state index in [1.165, 1.54) is 4.70 Å². The lowest BCUT2D eigenvalue weighted by atomic mass is 9.97. The number of piperidine rings is 1. The molecule has 0 radical (unpaired) electrons. The Bertz CT molecular complexity index is 1080. The first-order valence-electron chi connectivity index (χ1n) is 10.4. The van der Waals surface area contributed by atoms with Gasteiger partial charge < -0.3 is 5.32 Å². The van der Waals surface area contributed by atoms with Gasteiger partial charge in [0.1, 0.15) is 6.54 Å². The van der Waals surface area contributed by atoms with Gasteiger partial charge in [0.25, 0.3) is 0 Å². The zero-order valence-corrected chi connectivity index (χ0v) is 17.7. The van der Waals surface area contributed by atoms with Crippen molar-refractivity contribution in [2.45, 2.75) is 31.7 Å². The molecule has 0 aliphatic carbocycles. The number of rotatable bonds is 3. The molecule has 2 aliphatic heterocycles. The van der Waals surface area contributed by atoms with E-state index >= 15 is 0 Å². The molecule has 1 fully saturated rings. The minimum atomic E-state index is -0.291. The summed E-state index contributed by atoms with van der Waals surface area (Å²) in [6, 6.07) is 15.4. The topological polar surface area (TPSA) is 65.5 Å². The van der Waals surface area contributed by atoms with Crippen molar-refractivity contribution in [3.63, 3.8) is 0 Å². The molecule has 2 atom stereocenters. The molecule has 154 valence electrons. The molecule has 2 aliphatic rings. The predicted molar refractivity (Wildman–Crippen MR) is 120 cm³/mol. The Kier molecular flexibility index (Phi) is 5.00. The van der Waals surface area contributed by atoms with E-state index in [1.807, 2.05) is 43.3 Å². The molecule has 3 heterocycles. The van der Waals surface area contributed by atoms with Crippen molar-refractivity contribution in [2.24, 2.45) is 0 Å². The lowest BCUT2D eigenvalue weighted by Gasteiger charge is -2.38. The van der Waals surface area contributed by atoms with E-state index in [2.05, 4.69) is 22.3 Å². The summed E-state index contributed by atoms with van der Waals surface area (Å²) in [6.07, 6.45) is 2.13. The molecule has 0 unspecified atom stereocenters. The summed E-state index contributed by atoms with van der Waals surface area (Å²) in [7, 11) is 0. The van der Waals surface area contributed by atoms with Gasteiger partial charge in [-0.25, -0.2) is 4.98 Å². The van der Waals surface area contributed by atoms with Crippen molar-refractivity contribution in [3.8, 4) is 0 Å². The lowest BCUT2D eigenvalue weighted by molar-refractivity contribution is -0.125. The number of nitrogens with one attached hydrogen (secondary N) is 1. The Labute approximate surface area is 179 Å². The summed E-state index contributed by atoms with van der Waals surface area (Å²) in [5.41, 5.74) is 2.52. The number of nitrogens with zero attached hydrogens (tertiary/aromatic N) is 3.